The van der Waals surface area contributed by atoms with Gasteiger partial charge in [-0.2, -0.15) is 0 Å². The highest BCUT2D eigenvalue weighted by atomic mass is 19.1. The maximum Gasteiger partial charge on any atom is 0.251 e. The maximum atomic E-state index is 14.3. The summed E-state index contributed by atoms with van der Waals surface area (Å²) in [4.78, 5) is 13.9. The van der Waals surface area contributed by atoms with Crippen molar-refractivity contribution in [3.05, 3.63) is 34.6 Å². The third kappa shape index (κ3) is 1.72. The molecule has 0 aromatic heterocycles. The molecule has 18 heavy (non-hydrogen) atoms. The molecule has 1 amide bonds. The van der Waals surface area contributed by atoms with Gasteiger partial charge in [-0.05, 0) is 43.5 Å². The van der Waals surface area contributed by atoms with Crippen molar-refractivity contribution in [2.24, 2.45) is 0 Å². The van der Waals surface area contributed by atoms with Gasteiger partial charge in [0, 0.05) is 30.8 Å². The highest BCUT2D eigenvalue weighted by molar-refractivity contribution is 5.94. The molecule has 1 N–H and O–H groups in total. The van der Waals surface area contributed by atoms with Crippen LogP contribution < -0.4 is 5.32 Å². The lowest BCUT2D eigenvalue weighted by molar-refractivity contribution is 0.0962. The molecular formula is C14H17FN2O. The van der Waals surface area contributed by atoms with Gasteiger partial charge in [-0.1, -0.05) is 0 Å². The zero-order valence-electron chi connectivity index (χ0n) is 10.5. The second kappa shape index (κ2) is 4.35. The Morgan fingerprint density at radius 2 is 2.28 bits per heavy atom. The number of nitrogens with zero attached hydrogens (tertiary/aromatic N) is 1. The molecule has 0 spiro atoms. The fourth-order valence-corrected chi connectivity index (χ4v) is 3.21. The van der Waals surface area contributed by atoms with Crippen LogP contribution in [0.5, 0.6) is 0 Å². The average Bonchev–Trinajstić information content (AvgIpc) is 2.85. The Balaban J connectivity index is 2.05. The molecule has 0 radical (unpaired) electrons. The fourth-order valence-electron chi connectivity index (χ4n) is 3.21. The summed E-state index contributed by atoms with van der Waals surface area (Å²) in [6.07, 6.45) is 3.01. The van der Waals surface area contributed by atoms with Crippen LogP contribution in [0, 0.1) is 5.82 Å². The predicted octanol–water partition coefficient (Wildman–Crippen LogP) is 1.88. The molecule has 1 atom stereocenters. The topological polar surface area (TPSA) is 32.3 Å². The van der Waals surface area contributed by atoms with Gasteiger partial charge in [0.25, 0.3) is 5.91 Å². The van der Waals surface area contributed by atoms with Gasteiger partial charge in [-0.25, -0.2) is 4.39 Å². The number of amides is 1. The third-order valence-electron chi connectivity index (χ3n) is 4.07. The smallest absolute Gasteiger partial charge is 0.251 e. The van der Waals surface area contributed by atoms with Crippen molar-refractivity contribution in [2.45, 2.75) is 25.3 Å². The Bertz CT molecular complexity index is 501. The molecule has 3 rings (SSSR count). The van der Waals surface area contributed by atoms with Crippen molar-refractivity contribution < 1.29 is 9.18 Å². The molecule has 96 valence electrons. The summed E-state index contributed by atoms with van der Waals surface area (Å²) in [7, 11) is 1.57. The number of nitrogens with one attached hydrogen (secondary N) is 1. The number of benzene rings is 1. The van der Waals surface area contributed by atoms with Crippen LogP contribution in [-0.2, 0) is 6.42 Å². The van der Waals surface area contributed by atoms with E-state index in [1.807, 2.05) is 6.07 Å². The summed E-state index contributed by atoms with van der Waals surface area (Å²) in [5, 5.41) is 2.55. The molecule has 1 fully saturated rings. The number of hydrogen-bond acceptors (Lipinski definition) is 2. The van der Waals surface area contributed by atoms with Crippen molar-refractivity contribution in [3.8, 4) is 0 Å². The first-order valence-corrected chi connectivity index (χ1v) is 6.49. The van der Waals surface area contributed by atoms with E-state index in [2.05, 4.69) is 10.2 Å². The summed E-state index contributed by atoms with van der Waals surface area (Å²) in [6, 6.07) is 3.46. The van der Waals surface area contributed by atoms with Crippen LogP contribution in [0.25, 0.3) is 0 Å². The van der Waals surface area contributed by atoms with Crippen molar-refractivity contribution >= 4 is 5.91 Å². The molecule has 2 aliphatic heterocycles. The lowest BCUT2D eigenvalue weighted by Crippen LogP contribution is -2.32. The summed E-state index contributed by atoms with van der Waals surface area (Å²) < 4.78 is 14.3. The van der Waals surface area contributed by atoms with Crippen LogP contribution in [0.1, 0.15) is 40.4 Å². The van der Waals surface area contributed by atoms with Crippen LogP contribution in [0.4, 0.5) is 4.39 Å². The Morgan fingerprint density at radius 3 is 3.06 bits per heavy atom. The molecule has 1 saturated heterocycles. The lowest BCUT2D eigenvalue weighted by atomic mass is 9.90. The van der Waals surface area contributed by atoms with Gasteiger partial charge in [-0.15, -0.1) is 0 Å². The van der Waals surface area contributed by atoms with Crippen molar-refractivity contribution in [1.82, 2.24) is 10.2 Å². The average molecular weight is 248 g/mol. The summed E-state index contributed by atoms with van der Waals surface area (Å²) in [5.74, 6) is -0.437. The third-order valence-corrected chi connectivity index (χ3v) is 4.07. The quantitative estimate of drug-likeness (QED) is 0.823. The monoisotopic (exact) mass is 248 g/mol. The lowest BCUT2D eigenvalue weighted by Gasteiger charge is -2.32. The maximum absolute atomic E-state index is 14.3. The van der Waals surface area contributed by atoms with Crippen molar-refractivity contribution in [2.75, 3.05) is 20.1 Å². The molecule has 1 aromatic carbocycles. The molecule has 2 aliphatic rings. The van der Waals surface area contributed by atoms with Crippen LogP contribution in [0.15, 0.2) is 12.1 Å². The Hall–Kier alpha value is -1.42. The number of hydrogen-bond donors (Lipinski definition) is 1. The zero-order chi connectivity index (χ0) is 12.7. The van der Waals surface area contributed by atoms with E-state index in [1.54, 1.807) is 7.05 Å². The van der Waals surface area contributed by atoms with Gasteiger partial charge in [0.2, 0.25) is 0 Å². The van der Waals surface area contributed by atoms with Crippen molar-refractivity contribution in [3.63, 3.8) is 0 Å². The van der Waals surface area contributed by atoms with E-state index in [-0.39, 0.29) is 17.8 Å². The summed E-state index contributed by atoms with van der Waals surface area (Å²) >= 11 is 0. The van der Waals surface area contributed by atoms with Crippen LogP contribution >= 0.6 is 0 Å². The van der Waals surface area contributed by atoms with Gasteiger partial charge < -0.3 is 5.32 Å². The minimum atomic E-state index is -0.220. The van der Waals surface area contributed by atoms with E-state index in [0.717, 1.165) is 43.5 Å². The minimum absolute atomic E-state index is 0.217. The molecular weight excluding hydrogens is 231 g/mol. The first kappa shape index (κ1) is 11.7. The highest BCUT2D eigenvalue weighted by Gasteiger charge is 2.33. The van der Waals surface area contributed by atoms with Gasteiger partial charge >= 0.3 is 0 Å². The van der Waals surface area contributed by atoms with Gasteiger partial charge in [0.1, 0.15) is 5.82 Å². The largest absolute Gasteiger partial charge is 0.355 e. The zero-order valence-corrected chi connectivity index (χ0v) is 10.5. The Morgan fingerprint density at radius 1 is 1.44 bits per heavy atom. The molecule has 4 heteroatoms. The SMILES string of the molecule is CNC(=O)c1cc(F)c2c(c1)CCN1CCCC21. The van der Waals surface area contributed by atoms with E-state index in [0.29, 0.717) is 5.56 Å². The predicted molar refractivity (Wildman–Crippen MR) is 67.0 cm³/mol. The van der Waals surface area contributed by atoms with Gasteiger partial charge in [0.15, 0.2) is 0 Å². The van der Waals surface area contributed by atoms with Gasteiger partial charge in [-0.3, -0.25) is 9.69 Å². The van der Waals surface area contributed by atoms with E-state index >= 15 is 0 Å². The van der Waals surface area contributed by atoms with Crippen molar-refractivity contribution in [1.29, 1.82) is 0 Å². The number of fused-ring (bicyclic) bond motifs is 3. The number of carbonyl (C=O) groups excluding carboxylic acids is 1. The second-order valence-corrected chi connectivity index (χ2v) is 5.05. The fraction of sp³-hybridized carbons (Fsp3) is 0.500. The summed E-state index contributed by atoms with van der Waals surface area (Å²) in [6.45, 7) is 2.05. The number of rotatable bonds is 1. The first-order valence-electron chi connectivity index (χ1n) is 6.49. The van der Waals surface area contributed by atoms with Crippen LogP contribution in [0.2, 0.25) is 0 Å². The van der Waals surface area contributed by atoms with Crippen LogP contribution in [-0.4, -0.2) is 30.9 Å². The molecule has 0 saturated carbocycles. The Labute approximate surface area is 106 Å². The van der Waals surface area contributed by atoms with E-state index in [9.17, 15) is 9.18 Å². The second-order valence-electron chi connectivity index (χ2n) is 5.05. The number of halogens is 1. The molecule has 1 unspecified atom stereocenters. The standard InChI is InChI=1S/C14H17FN2O/c1-16-14(18)10-7-9-4-6-17-5-2-3-12(17)13(9)11(15)8-10/h7-8,12H,2-6H2,1H3,(H,16,18). The minimum Gasteiger partial charge on any atom is -0.355 e. The van der Waals surface area contributed by atoms with E-state index in [1.165, 1.54) is 6.07 Å². The van der Waals surface area contributed by atoms with E-state index in [4.69, 9.17) is 0 Å². The van der Waals surface area contributed by atoms with Crippen LogP contribution in [0.3, 0.4) is 0 Å². The Kier molecular flexibility index (Phi) is 2.82. The normalized spacial score (nSPS) is 22.4. The number of carbonyl (C=O) groups is 1. The molecule has 3 nitrogen and oxygen atoms in total. The van der Waals surface area contributed by atoms with E-state index < -0.39 is 0 Å². The molecule has 1 aromatic rings. The molecule has 2 heterocycles. The highest BCUT2D eigenvalue weighted by Crippen LogP contribution is 2.39. The van der Waals surface area contributed by atoms with Gasteiger partial charge in [0.05, 0.1) is 0 Å². The molecule has 0 aliphatic carbocycles. The summed E-state index contributed by atoms with van der Waals surface area (Å²) in [5.41, 5.74) is 2.27. The first-order chi connectivity index (χ1) is 8.70. The molecule has 0 bridgehead atoms.